The van der Waals surface area contributed by atoms with Crippen molar-refractivity contribution < 1.29 is 4.21 Å². The lowest BCUT2D eigenvalue weighted by Gasteiger charge is -2.11. The van der Waals surface area contributed by atoms with Gasteiger partial charge in [0.15, 0.2) is 0 Å². The van der Waals surface area contributed by atoms with Crippen LogP contribution in [0.3, 0.4) is 0 Å². The largest absolute Gasteiger partial charge is 0.399 e. The number of aryl methyl sites for hydroxylation is 3. The van der Waals surface area contributed by atoms with Crippen molar-refractivity contribution in [2.45, 2.75) is 31.4 Å². The van der Waals surface area contributed by atoms with E-state index in [1.807, 2.05) is 12.1 Å². The Kier molecular flexibility index (Phi) is 4.05. The number of nitrogen functional groups attached to an aromatic ring is 1. The van der Waals surface area contributed by atoms with Gasteiger partial charge < -0.3 is 5.73 Å². The second-order valence-corrected chi connectivity index (χ2v) is 6.39. The highest BCUT2D eigenvalue weighted by molar-refractivity contribution is 7.84. The first-order valence-corrected chi connectivity index (χ1v) is 7.60. The zero-order chi connectivity index (χ0) is 14.0. The zero-order valence-corrected chi connectivity index (χ0v) is 12.4. The van der Waals surface area contributed by atoms with Gasteiger partial charge in [-0.1, -0.05) is 17.7 Å². The molecule has 2 aromatic rings. The van der Waals surface area contributed by atoms with Crippen LogP contribution in [0.4, 0.5) is 5.69 Å². The molecule has 0 heterocycles. The smallest absolute Gasteiger partial charge is 0.0574 e. The van der Waals surface area contributed by atoms with Gasteiger partial charge in [-0.15, -0.1) is 0 Å². The molecule has 1 atom stereocenters. The van der Waals surface area contributed by atoms with Crippen LogP contribution < -0.4 is 5.73 Å². The van der Waals surface area contributed by atoms with E-state index < -0.39 is 10.8 Å². The number of anilines is 1. The van der Waals surface area contributed by atoms with Gasteiger partial charge in [-0.3, -0.25) is 4.21 Å². The molecule has 0 aliphatic rings. The fourth-order valence-electron chi connectivity index (χ4n) is 2.27. The molecular weight excluding hydrogens is 254 g/mol. The summed E-state index contributed by atoms with van der Waals surface area (Å²) in [6.45, 7) is 6.24. The molecule has 2 aromatic carbocycles. The second kappa shape index (κ2) is 5.57. The lowest BCUT2D eigenvalue weighted by molar-refractivity contribution is 0.682. The molecule has 0 amide bonds. The molecule has 0 bridgehead atoms. The van der Waals surface area contributed by atoms with E-state index in [4.69, 9.17) is 5.73 Å². The van der Waals surface area contributed by atoms with E-state index in [1.54, 1.807) is 12.1 Å². The van der Waals surface area contributed by atoms with Crippen molar-refractivity contribution in [3.63, 3.8) is 0 Å². The standard InChI is InChI=1S/C16H19NOS/c1-11-8-12(2)16(13(3)9-11)10-19(18)15-6-4-14(17)5-7-15/h4-9H,10,17H2,1-3H3. The fraction of sp³-hybridized carbons (Fsp3) is 0.250. The molecule has 0 spiro atoms. The highest BCUT2D eigenvalue weighted by atomic mass is 32.2. The van der Waals surface area contributed by atoms with Gasteiger partial charge in [0.2, 0.25) is 0 Å². The van der Waals surface area contributed by atoms with Crippen molar-refractivity contribution in [2.24, 2.45) is 0 Å². The first-order valence-electron chi connectivity index (χ1n) is 6.28. The first-order chi connectivity index (χ1) is 8.97. The molecule has 1 unspecified atom stereocenters. The molecule has 19 heavy (non-hydrogen) atoms. The van der Waals surface area contributed by atoms with Crippen LogP contribution in [0.25, 0.3) is 0 Å². The van der Waals surface area contributed by atoms with Crippen LogP contribution in [-0.2, 0) is 16.6 Å². The van der Waals surface area contributed by atoms with Crippen molar-refractivity contribution in [1.82, 2.24) is 0 Å². The highest BCUT2D eigenvalue weighted by Gasteiger charge is 2.10. The van der Waals surface area contributed by atoms with Crippen LogP contribution in [0.2, 0.25) is 0 Å². The maximum Gasteiger partial charge on any atom is 0.0574 e. The maximum atomic E-state index is 12.4. The lowest BCUT2D eigenvalue weighted by atomic mass is 10.0. The van der Waals surface area contributed by atoms with Crippen LogP contribution in [0.1, 0.15) is 22.3 Å². The number of hydrogen-bond donors (Lipinski definition) is 1. The van der Waals surface area contributed by atoms with Gasteiger partial charge in [-0.05, 0) is 61.7 Å². The zero-order valence-electron chi connectivity index (χ0n) is 11.6. The molecule has 0 saturated heterocycles. The summed E-state index contributed by atoms with van der Waals surface area (Å²) in [5.74, 6) is 0.557. The van der Waals surface area contributed by atoms with E-state index in [-0.39, 0.29) is 0 Å². The van der Waals surface area contributed by atoms with Crippen LogP contribution >= 0.6 is 0 Å². The Labute approximate surface area is 117 Å². The number of rotatable bonds is 3. The predicted octanol–water partition coefficient (Wildman–Crippen LogP) is 3.50. The van der Waals surface area contributed by atoms with Crippen LogP contribution in [0.15, 0.2) is 41.3 Å². The van der Waals surface area contributed by atoms with Gasteiger partial charge in [0.05, 0.1) is 16.6 Å². The van der Waals surface area contributed by atoms with E-state index in [9.17, 15) is 4.21 Å². The minimum Gasteiger partial charge on any atom is -0.399 e. The Morgan fingerprint density at radius 3 is 2.05 bits per heavy atom. The molecule has 0 aromatic heterocycles. The maximum absolute atomic E-state index is 12.4. The van der Waals surface area contributed by atoms with E-state index in [0.717, 1.165) is 4.90 Å². The molecule has 2 nitrogen and oxygen atoms in total. The fourth-order valence-corrected chi connectivity index (χ4v) is 3.60. The lowest BCUT2D eigenvalue weighted by Crippen LogP contribution is -2.02. The quantitative estimate of drug-likeness (QED) is 0.870. The van der Waals surface area contributed by atoms with Crippen molar-refractivity contribution in [3.8, 4) is 0 Å². The summed E-state index contributed by atoms with van der Waals surface area (Å²) < 4.78 is 12.4. The Balaban J connectivity index is 2.26. The van der Waals surface area contributed by atoms with E-state index in [1.165, 1.54) is 22.3 Å². The number of benzene rings is 2. The summed E-state index contributed by atoms with van der Waals surface area (Å²) in [5, 5.41) is 0. The van der Waals surface area contributed by atoms with Gasteiger partial charge >= 0.3 is 0 Å². The third-order valence-corrected chi connectivity index (χ3v) is 4.61. The summed E-state index contributed by atoms with van der Waals surface area (Å²) in [5.41, 5.74) is 11.2. The number of hydrogen-bond acceptors (Lipinski definition) is 2. The summed E-state index contributed by atoms with van der Waals surface area (Å²) in [7, 11) is -1.03. The highest BCUT2D eigenvalue weighted by Crippen LogP contribution is 2.21. The molecule has 0 radical (unpaired) electrons. The predicted molar refractivity (Wildman–Crippen MR) is 81.6 cm³/mol. The minimum absolute atomic E-state index is 0.557. The molecule has 2 rings (SSSR count). The number of nitrogens with two attached hydrogens (primary N) is 1. The van der Waals surface area contributed by atoms with E-state index in [2.05, 4.69) is 32.9 Å². The van der Waals surface area contributed by atoms with Crippen molar-refractivity contribution in [1.29, 1.82) is 0 Å². The van der Waals surface area contributed by atoms with Gasteiger partial charge in [0, 0.05) is 10.6 Å². The SMILES string of the molecule is Cc1cc(C)c(CS(=O)c2ccc(N)cc2)c(C)c1. The Hall–Kier alpha value is -1.61. The normalized spacial score (nSPS) is 12.4. The average Bonchev–Trinajstić information content (AvgIpc) is 2.34. The third kappa shape index (κ3) is 3.24. The monoisotopic (exact) mass is 273 g/mol. The molecule has 0 saturated carbocycles. The van der Waals surface area contributed by atoms with E-state index in [0.29, 0.717) is 11.4 Å². The van der Waals surface area contributed by atoms with Crippen LogP contribution in [0.5, 0.6) is 0 Å². The Bertz CT molecular complexity index is 594. The Morgan fingerprint density at radius 1 is 1.00 bits per heavy atom. The van der Waals surface area contributed by atoms with E-state index >= 15 is 0 Å². The second-order valence-electron chi connectivity index (χ2n) is 4.94. The average molecular weight is 273 g/mol. The molecule has 0 aliphatic carbocycles. The van der Waals surface area contributed by atoms with Gasteiger partial charge in [0.25, 0.3) is 0 Å². The summed E-state index contributed by atoms with van der Waals surface area (Å²) >= 11 is 0. The van der Waals surface area contributed by atoms with Gasteiger partial charge in [-0.25, -0.2) is 0 Å². The summed E-state index contributed by atoms with van der Waals surface area (Å²) in [6.07, 6.45) is 0. The minimum atomic E-state index is -1.03. The summed E-state index contributed by atoms with van der Waals surface area (Å²) in [6, 6.07) is 11.5. The topological polar surface area (TPSA) is 43.1 Å². The molecule has 100 valence electrons. The molecular formula is C16H19NOS. The van der Waals surface area contributed by atoms with Gasteiger partial charge in [0.1, 0.15) is 0 Å². The molecule has 2 N–H and O–H groups in total. The van der Waals surface area contributed by atoms with Crippen LogP contribution in [-0.4, -0.2) is 4.21 Å². The Morgan fingerprint density at radius 2 is 1.53 bits per heavy atom. The molecule has 3 heteroatoms. The molecule has 0 aliphatic heterocycles. The molecule has 0 fully saturated rings. The van der Waals surface area contributed by atoms with Crippen molar-refractivity contribution >= 4 is 16.5 Å². The van der Waals surface area contributed by atoms with Crippen molar-refractivity contribution in [2.75, 3.05) is 5.73 Å². The van der Waals surface area contributed by atoms with Crippen molar-refractivity contribution in [3.05, 3.63) is 58.7 Å². The third-order valence-electron chi connectivity index (χ3n) is 3.26. The van der Waals surface area contributed by atoms with Crippen LogP contribution in [0, 0.1) is 20.8 Å². The summed E-state index contributed by atoms with van der Waals surface area (Å²) in [4.78, 5) is 0.827. The first kappa shape index (κ1) is 13.8. The van der Waals surface area contributed by atoms with Gasteiger partial charge in [-0.2, -0.15) is 0 Å².